The SMILES string of the molecule is CCc1ccc(Nc2nc3cc(Oc4ccnc(C(=O)NC5CCCN5)c4)ccc3n2C)cc1. The number of rotatable bonds is 7. The number of pyridine rings is 1. The highest BCUT2D eigenvalue weighted by Gasteiger charge is 2.18. The number of hydrogen-bond acceptors (Lipinski definition) is 6. The lowest BCUT2D eigenvalue weighted by Crippen LogP contribution is -2.41. The number of amides is 1. The Morgan fingerprint density at radius 3 is 2.74 bits per heavy atom. The van der Waals surface area contributed by atoms with Crippen LogP contribution in [0.3, 0.4) is 0 Å². The van der Waals surface area contributed by atoms with Gasteiger partial charge in [0.05, 0.1) is 17.2 Å². The predicted molar refractivity (Wildman–Crippen MR) is 133 cm³/mol. The van der Waals surface area contributed by atoms with Crippen LogP contribution in [0.15, 0.2) is 60.8 Å². The molecule has 1 unspecified atom stereocenters. The lowest BCUT2D eigenvalue weighted by molar-refractivity contribution is 0.0928. The van der Waals surface area contributed by atoms with Gasteiger partial charge in [0.15, 0.2) is 0 Å². The first-order valence-corrected chi connectivity index (χ1v) is 11.6. The molecule has 1 aliphatic rings. The average molecular weight is 457 g/mol. The standard InChI is InChI=1S/C26H28N6O2/c1-3-17-6-8-18(9-7-17)29-26-30-21-15-19(10-11-23(21)32(26)2)34-20-12-14-27-22(16-20)25(33)31-24-5-4-13-28-24/h6-12,14-16,24,28H,3-5,13H2,1-2H3,(H,29,30)(H,31,33). The van der Waals surface area contributed by atoms with Crippen molar-refractivity contribution < 1.29 is 9.53 Å². The van der Waals surface area contributed by atoms with Gasteiger partial charge in [-0.05, 0) is 61.7 Å². The number of hydrogen-bond donors (Lipinski definition) is 3. The van der Waals surface area contributed by atoms with Gasteiger partial charge in [-0.3, -0.25) is 15.1 Å². The molecule has 2 aromatic carbocycles. The van der Waals surface area contributed by atoms with E-state index in [1.54, 1.807) is 18.3 Å². The number of carbonyl (C=O) groups excluding carboxylic acids is 1. The van der Waals surface area contributed by atoms with Crippen LogP contribution in [0.5, 0.6) is 11.5 Å². The number of nitrogens with zero attached hydrogens (tertiary/aromatic N) is 3. The third-order valence-corrected chi connectivity index (χ3v) is 6.04. The van der Waals surface area contributed by atoms with Gasteiger partial charge in [-0.2, -0.15) is 0 Å². The molecule has 4 aromatic rings. The van der Waals surface area contributed by atoms with Crippen molar-refractivity contribution in [3.05, 3.63) is 72.1 Å². The van der Waals surface area contributed by atoms with Crippen molar-refractivity contribution in [3.8, 4) is 11.5 Å². The van der Waals surface area contributed by atoms with Crippen LogP contribution in [0.1, 0.15) is 35.8 Å². The van der Waals surface area contributed by atoms with Crippen molar-refractivity contribution >= 4 is 28.6 Å². The van der Waals surface area contributed by atoms with Gasteiger partial charge in [0.2, 0.25) is 5.95 Å². The van der Waals surface area contributed by atoms with Crippen LogP contribution in [-0.4, -0.2) is 33.2 Å². The second-order valence-corrected chi connectivity index (χ2v) is 8.42. The van der Waals surface area contributed by atoms with Crippen LogP contribution in [0.25, 0.3) is 11.0 Å². The summed E-state index contributed by atoms with van der Waals surface area (Å²) in [5, 5.41) is 9.59. The number of aryl methyl sites for hydroxylation is 2. The summed E-state index contributed by atoms with van der Waals surface area (Å²) in [5.74, 6) is 1.72. The second kappa shape index (κ2) is 9.52. The van der Waals surface area contributed by atoms with Crippen molar-refractivity contribution in [2.45, 2.75) is 32.4 Å². The molecule has 5 rings (SSSR count). The summed E-state index contributed by atoms with van der Waals surface area (Å²) < 4.78 is 8.05. The topological polar surface area (TPSA) is 93.1 Å². The zero-order valence-electron chi connectivity index (χ0n) is 19.3. The molecule has 0 aliphatic carbocycles. The zero-order chi connectivity index (χ0) is 23.5. The lowest BCUT2D eigenvalue weighted by atomic mass is 10.1. The average Bonchev–Trinajstić information content (AvgIpc) is 3.47. The quantitative estimate of drug-likeness (QED) is 0.379. The summed E-state index contributed by atoms with van der Waals surface area (Å²) in [5.41, 5.74) is 4.41. The number of fused-ring (bicyclic) bond motifs is 1. The van der Waals surface area contributed by atoms with Gasteiger partial charge in [-0.1, -0.05) is 19.1 Å². The third-order valence-electron chi connectivity index (χ3n) is 6.04. The van der Waals surface area contributed by atoms with Crippen LogP contribution in [0.2, 0.25) is 0 Å². The summed E-state index contributed by atoms with van der Waals surface area (Å²) in [6.45, 7) is 3.06. The maximum Gasteiger partial charge on any atom is 0.271 e. The van der Waals surface area contributed by atoms with E-state index in [2.05, 4.69) is 52.1 Å². The molecule has 0 spiro atoms. The van der Waals surface area contributed by atoms with E-state index in [0.29, 0.717) is 17.2 Å². The molecule has 2 aromatic heterocycles. The zero-order valence-corrected chi connectivity index (χ0v) is 19.3. The number of anilines is 2. The van der Waals surface area contributed by atoms with Crippen molar-refractivity contribution in [1.29, 1.82) is 0 Å². The van der Waals surface area contributed by atoms with Gasteiger partial charge < -0.3 is 19.9 Å². The highest BCUT2D eigenvalue weighted by molar-refractivity contribution is 5.92. The lowest BCUT2D eigenvalue weighted by Gasteiger charge is -2.12. The normalized spacial score (nSPS) is 15.4. The Bertz CT molecular complexity index is 1310. The maximum atomic E-state index is 12.5. The van der Waals surface area contributed by atoms with Crippen molar-refractivity contribution in [2.75, 3.05) is 11.9 Å². The fourth-order valence-corrected chi connectivity index (χ4v) is 4.08. The minimum Gasteiger partial charge on any atom is -0.457 e. The summed E-state index contributed by atoms with van der Waals surface area (Å²) in [4.78, 5) is 21.5. The van der Waals surface area contributed by atoms with E-state index in [1.165, 1.54) is 5.56 Å². The molecule has 1 fully saturated rings. The molecule has 1 aliphatic heterocycles. The van der Waals surface area contributed by atoms with E-state index in [0.717, 1.165) is 48.5 Å². The molecule has 1 saturated heterocycles. The molecule has 3 N–H and O–H groups in total. The number of imidazole rings is 1. The van der Waals surface area contributed by atoms with Crippen molar-refractivity contribution in [1.82, 2.24) is 25.2 Å². The fraction of sp³-hybridized carbons (Fsp3) is 0.269. The van der Waals surface area contributed by atoms with Crippen LogP contribution in [0.4, 0.5) is 11.6 Å². The van der Waals surface area contributed by atoms with Crippen molar-refractivity contribution in [3.63, 3.8) is 0 Å². The first-order chi connectivity index (χ1) is 16.6. The molecule has 174 valence electrons. The molecular formula is C26H28N6O2. The van der Waals surface area contributed by atoms with Gasteiger partial charge in [-0.25, -0.2) is 4.98 Å². The fourth-order valence-electron chi connectivity index (χ4n) is 4.08. The Hall–Kier alpha value is -3.91. The van der Waals surface area contributed by atoms with E-state index < -0.39 is 0 Å². The van der Waals surface area contributed by atoms with Crippen LogP contribution >= 0.6 is 0 Å². The summed E-state index contributed by atoms with van der Waals surface area (Å²) >= 11 is 0. The molecule has 1 amide bonds. The molecule has 8 heteroatoms. The van der Waals surface area contributed by atoms with E-state index in [-0.39, 0.29) is 12.1 Å². The molecule has 0 radical (unpaired) electrons. The smallest absolute Gasteiger partial charge is 0.271 e. The van der Waals surface area contributed by atoms with E-state index in [4.69, 9.17) is 9.72 Å². The number of ether oxygens (including phenoxy) is 1. The number of aromatic nitrogens is 3. The highest BCUT2D eigenvalue weighted by Crippen LogP contribution is 2.28. The molecular weight excluding hydrogens is 428 g/mol. The van der Waals surface area contributed by atoms with Crippen molar-refractivity contribution in [2.24, 2.45) is 7.05 Å². The Morgan fingerprint density at radius 2 is 1.97 bits per heavy atom. The molecule has 8 nitrogen and oxygen atoms in total. The van der Waals surface area contributed by atoms with E-state index in [9.17, 15) is 4.79 Å². The monoisotopic (exact) mass is 456 g/mol. The van der Waals surface area contributed by atoms with Gasteiger partial charge in [0, 0.05) is 31.1 Å². The predicted octanol–water partition coefficient (Wildman–Crippen LogP) is 4.51. The number of carbonyl (C=O) groups is 1. The van der Waals surface area contributed by atoms with E-state index in [1.807, 2.05) is 29.8 Å². The van der Waals surface area contributed by atoms with Gasteiger partial charge in [0.1, 0.15) is 17.2 Å². The molecule has 1 atom stereocenters. The van der Waals surface area contributed by atoms with Gasteiger partial charge in [-0.15, -0.1) is 0 Å². The minimum atomic E-state index is -0.215. The first-order valence-electron chi connectivity index (χ1n) is 11.6. The summed E-state index contributed by atoms with van der Waals surface area (Å²) in [6.07, 6.45) is 4.57. The molecule has 0 saturated carbocycles. The van der Waals surface area contributed by atoms with Crippen LogP contribution in [-0.2, 0) is 13.5 Å². The Balaban J connectivity index is 1.32. The van der Waals surface area contributed by atoms with Crippen LogP contribution < -0.4 is 20.7 Å². The van der Waals surface area contributed by atoms with Crippen LogP contribution in [0, 0.1) is 0 Å². The highest BCUT2D eigenvalue weighted by atomic mass is 16.5. The molecule has 0 bridgehead atoms. The molecule has 34 heavy (non-hydrogen) atoms. The first kappa shape index (κ1) is 21.9. The second-order valence-electron chi connectivity index (χ2n) is 8.42. The summed E-state index contributed by atoms with van der Waals surface area (Å²) in [7, 11) is 1.98. The summed E-state index contributed by atoms with van der Waals surface area (Å²) in [6, 6.07) is 17.5. The largest absolute Gasteiger partial charge is 0.457 e. The Labute approximate surface area is 198 Å². The number of benzene rings is 2. The third kappa shape index (κ3) is 4.72. The van der Waals surface area contributed by atoms with E-state index >= 15 is 0 Å². The van der Waals surface area contributed by atoms with Gasteiger partial charge in [0.25, 0.3) is 5.91 Å². The molecule has 3 heterocycles. The Morgan fingerprint density at radius 1 is 1.15 bits per heavy atom. The maximum absolute atomic E-state index is 12.5. The number of nitrogens with one attached hydrogen (secondary N) is 3. The van der Waals surface area contributed by atoms with Gasteiger partial charge >= 0.3 is 0 Å². The Kier molecular flexibility index (Phi) is 6.14. The minimum absolute atomic E-state index is 0.00202.